The van der Waals surface area contributed by atoms with Crippen LogP contribution >= 0.6 is 0 Å². The zero-order valence-electron chi connectivity index (χ0n) is 18.3. The van der Waals surface area contributed by atoms with Gasteiger partial charge in [0.15, 0.2) is 0 Å². The summed E-state index contributed by atoms with van der Waals surface area (Å²) >= 11 is 0. The molecule has 1 aliphatic carbocycles. The van der Waals surface area contributed by atoms with Crippen LogP contribution in [0.15, 0.2) is 35.5 Å². The highest BCUT2D eigenvalue weighted by atomic mass is 16.6. The number of aryl methyl sites for hydroxylation is 2. The van der Waals surface area contributed by atoms with E-state index in [4.69, 9.17) is 15.4 Å². The molecule has 0 radical (unpaired) electrons. The Hall–Kier alpha value is -3.06. The number of rotatable bonds is 7. The second-order valence-electron chi connectivity index (χ2n) is 7.77. The Labute approximate surface area is 177 Å². The monoisotopic (exact) mass is 410 g/mol. The fraction of sp³-hybridized carbons (Fsp3) is 0.391. The first-order valence-electron chi connectivity index (χ1n) is 10.0. The van der Waals surface area contributed by atoms with Gasteiger partial charge in [0.05, 0.1) is 5.71 Å². The van der Waals surface area contributed by atoms with Crippen LogP contribution < -0.4 is 15.9 Å². The molecule has 0 spiro atoms. The topological polar surface area (TPSA) is 89.2 Å². The van der Waals surface area contributed by atoms with Gasteiger partial charge in [0.2, 0.25) is 0 Å². The van der Waals surface area contributed by atoms with Crippen LogP contribution in [0.5, 0.6) is 5.75 Å². The summed E-state index contributed by atoms with van der Waals surface area (Å²) in [5, 5.41) is 7.95. The van der Waals surface area contributed by atoms with E-state index >= 15 is 0 Å². The number of nitrogens with one attached hydrogen (secondary N) is 1. The van der Waals surface area contributed by atoms with Gasteiger partial charge in [-0.1, -0.05) is 17.3 Å². The molecule has 0 bridgehead atoms. The van der Waals surface area contributed by atoms with E-state index < -0.39 is 0 Å². The lowest BCUT2D eigenvalue weighted by Crippen LogP contribution is -2.37. The van der Waals surface area contributed by atoms with Crippen LogP contribution in [0, 0.1) is 13.8 Å². The molecule has 0 unspecified atom stereocenters. The van der Waals surface area contributed by atoms with E-state index in [0.29, 0.717) is 12.5 Å². The first-order chi connectivity index (χ1) is 14.3. The van der Waals surface area contributed by atoms with Crippen molar-refractivity contribution < 1.29 is 14.4 Å². The largest absolute Gasteiger partial charge is 0.489 e. The van der Waals surface area contributed by atoms with Gasteiger partial charge in [-0.2, -0.15) is 0 Å². The van der Waals surface area contributed by atoms with Crippen molar-refractivity contribution in [3.63, 3.8) is 0 Å². The van der Waals surface area contributed by atoms with Crippen molar-refractivity contribution in [3.05, 3.63) is 58.1 Å². The van der Waals surface area contributed by atoms with Crippen LogP contribution in [0.4, 0.5) is 10.5 Å². The summed E-state index contributed by atoms with van der Waals surface area (Å²) in [6.45, 7) is 6.32. The Morgan fingerprint density at radius 2 is 2.00 bits per heavy atom. The second-order valence-corrected chi connectivity index (χ2v) is 7.77. The van der Waals surface area contributed by atoms with Gasteiger partial charge in [-0.15, -0.1) is 0 Å². The van der Waals surface area contributed by atoms with Gasteiger partial charge in [-0.05, 0) is 74.4 Å². The van der Waals surface area contributed by atoms with Crippen molar-refractivity contribution in [3.8, 4) is 5.75 Å². The fourth-order valence-electron chi connectivity index (χ4n) is 3.53. The number of hydrazine groups is 1. The molecule has 160 valence electrons. The molecule has 1 saturated carbocycles. The van der Waals surface area contributed by atoms with E-state index in [1.54, 1.807) is 7.11 Å². The lowest BCUT2D eigenvalue weighted by molar-refractivity contribution is 0.213. The molecule has 3 N–H and O–H groups in total. The lowest BCUT2D eigenvalue weighted by Gasteiger charge is -2.19. The molecule has 2 aromatic rings. The number of urea groups is 1. The van der Waals surface area contributed by atoms with Crippen LogP contribution in [-0.2, 0) is 11.4 Å². The Morgan fingerprint density at radius 3 is 2.63 bits per heavy atom. The molecule has 2 amide bonds. The van der Waals surface area contributed by atoms with Gasteiger partial charge in [0, 0.05) is 23.9 Å². The molecule has 1 fully saturated rings. The zero-order chi connectivity index (χ0) is 21.8. The molecule has 2 aromatic carbocycles. The van der Waals surface area contributed by atoms with Crippen LogP contribution in [-0.4, -0.2) is 30.9 Å². The van der Waals surface area contributed by atoms with Crippen molar-refractivity contribution in [2.24, 2.45) is 11.0 Å². The average Bonchev–Trinajstić information content (AvgIpc) is 3.54. The smallest absolute Gasteiger partial charge is 0.335 e. The van der Waals surface area contributed by atoms with Gasteiger partial charge < -0.3 is 14.9 Å². The first-order valence-corrected chi connectivity index (χ1v) is 10.0. The highest BCUT2D eigenvalue weighted by Crippen LogP contribution is 2.43. The summed E-state index contributed by atoms with van der Waals surface area (Å²) in [4.78, 5) is 17.0. The Bertz CT molecular complexity index is 965. The zero-order valence-corrected chi connectivity index (χ0v) is 18.3. The van der Waals surface area contributed by atoms with Crippen LogP contribution in [0.2, 0.25) is 0 Å². The van der Waals surface area contributed by atoms with Crippen molar-refractivity contribution in [1.29, 1.82) is 0 Å². The van der Waals surface area contributed by atoms with E-state index in [9.17, 15) is 4.79 Å². The molecular weight excluding hydrogens is 380 g/mol. The molecule has 0 heterocycles. The molecule has 0 atom stereocenters. The highest BCUT2D eigenvalue weighted by Gasteiger charge is 2.27. The Balaban J connectivity index is 1.87. The summed E-state index contributed by atoms with van der Waals surface area (Å²) in [5.41, 5.74) is 6.87. The van der Waals surface area contributed by atoms with E-state index in [1.807, 2.05) is 39.0 Å². The van der Waals surface area contributed by atoms with Crippen LogP contribution in [0.1, 0.15) is 53.5 Å². The first kappa shape index (κ1) is 21.6. The van der Waals surface area contributed by atoms with Gasteiger partial charge >= 0.3 is 6.03 Å². The summed E-state index contributed by atoms with van der Waals surface area (Å²) in [6.07, 6.45) is 2.32. The maximum absolute atomic E-state index is 12.1. The number of carbonyl (C=O) groups is 1. The predicted molar refractivity (Wildman–Crippen MR) is 119 cm³/mol. The average molecular weight is 411 g/mol. The maximum atomic E-state index is 12.1. The van der Waals surface area contributed by atoms with E-state index in [0.717, 1.165) is 57.3 Å². The summed E-state index contributed by atoms with van der Waals surface area (Å²) in [6, 6.07) is 9.67. The van der Waals surface area contributed by atoms with Gasteiger partial charge in [-0.3, -0.25) is 5.01 Å². The number of carbonyl (C=O) groups excluding carboxylic acids is 1. The molecule has 7 heteroatoms. The minimum atomic E-state index is -0.367. The molecule has 0 aromatic heterocycles. The number of anilines is 1. The van der Waals surface area contributed by atoms with Crippen LogP contribution in [0.25, 0.3) is 0 Å². The third-order valence-corrected chi connectivity index (χ3v) is 5.30. The van der Waals surface area contributed by atoms with E-state index in [2.05, 4.69) is 22.6 Å². The number of ether oxygens (including phenoxy) is 1. The molecule has 3 rings (SSSR count). The minimum Gasteiger partial charge on any atom is -0.489 e. The standard InChI is InChI=1S/C23H30N4O3/c1-14-12-22(15(2)11-19(14)16(3)26-29-5)30-13-20-18(17-9-10-17)7-6-8-21(20)25-23(28)27(4)24/h6-8,11-12,17H,9-10,13,24H2,1-5H3,(H,25,28). The minimum absolute atomic E-state index is 0.362. The second kappa shape index (κ2) is 9.17. The quantitative estimate of drug-likeness (QED) is 0.305. The predicted octanol–water partition coefficient (Wildman–Crippen LogP) is 4.47. The van der Waals surface area contributed by atoms with E-state index in [-0.39, 0.29) is 6.03 Å². The third kappa shape index (κ3) is 4.91. The maximum Gasteiger partial charge on any atom is 0.335 e. The molecule has 0 saturated heterocycles. The third-order valence-electron chi connectivity index (χ3n) is 5.30. The number of hydrogen-bond acceptors (Lipinski definition) is 5. The normalized spacial score (nSPS) is 13.7. The molecule has 7 nitrogen and oxygen atoms in total. The van der Waals surface area contributed by atoms with Crippen molar-refractivity contribution >= 4 is 17.4 Å². The number of oxime groups is 1. The summed E-state index contributed by atoms with van der Waals surface area (Å²) in [7, 11) is 3.05. The molecular formula is C23H30N4O3. The van der Waals surface area contributed by atoms with E-state index in [1.165, 1.54) is 12.6 Å². The number of amides is 2. The SMILES string of the molecule is CON=C(C)c1cc(C)c(OCc2c(NC(=O)N(C)N)cccc2C2CC2)cc1C. The van der Waals surface area contributed by atoms with Gasteiger partial charge in [0.25, 0.3) is 0 Å². The lowest BCUT2D eigenvalue weighted by atomic mass is 10.0. The Kier molecular flexibility index (Phi) is 6.62. The van der Waals surface area contributed by atoms with Crippen molar-refractivity contribution in [1.82, 2.24) is 5.01 Å². The number of nitrogens with two attached hydrogens (primary N) is 1. The fourth-order valence-corrected chi connectivity index (χ4v) is 3.53. The Morgan fingerprint density at radius 1 is 1.27 bits per heavy atom. The highest BCUT2D eigenvalue weighted by molar-refractivity contribution is 6.00. The van der Waals surface area contributed by atoms with Gasteiger partial charge in [0.1, 0.15) is 19.5 Å². The van der Waals surface area contributed by atoms with Gasteiger partial charge in [-0.25, -0.2) is 10.6 Å². The summed E-state index contributed by atoms with van der Waals surface area (Å²) < 4.78 is 6.23. The van der Waals surface area contributed by atoms with Crippen molar-refractivity contribution in [2.75, 3.05) is 19.5 Å². The van der Waals surface area contributed by atoms with Crippen molar-refractivity contribution in [2.45, 2.75) is 46.1 Å². The van der Waals surface area contributed by atoms with Crippen LogP contribution in [0.3, 0.4) is 0 Å². The number of nitrogens with zero attached hydrogens (tertiary/aromatic N) is 2. The molecule has 30 heavy (non-hydrogen) atoms. The molecule has 0 aliphatic heterocycles. The molecule has 1 aliphatic rings. The number of hydrogen-bond donors (Lipinski definition) is 2. The summed E-state index contributed by atoms with van der Waals surface area (Å²) in [5.74, 6) is 6.91. The number of benzene rings is 2.